The van der Waals surface area contributed by atoms with E-state index in [9.17, 15) is 0 Å². The third-order valence-corrected chi connectivity index (χ3v) is 6.02. The van der Waals surface area contributed by atoms with Gasteiger partial charge in [0, 0.05) is 44.3 Å². The van der Waals surface area contributed by atoms with Gasteiger partial charge in [0.25, 0.3) is 0 Å². The zero-order valence-electron chi connectivity index (χ0n) is 18.5. The molecule has 6 heteroatoms. The summed E-state index contributed by atoms with van der Waals surface area (Å²) in [6.45, 7) is 10.8. The fourth-order valence-corrected chi connectivity index (χ4v) is 4.44. The lowest BCUT2D eigenvalue weighted by Gasteiger charge is -2.41. The third-order valence-electron chi connectivity index (χ3n) is 6.02. The van der Waals surface area contributed by atoms with Crippen LogP contribution in [0.3, 0.4) is 0 Å². The number of nitrogens with zero attached hydrogens (tertiary/aromatic N) is 4. The molecule has 0 aliphatic carbocycles. The highest BCUT2D eigenvalue weighted by molar-refractivity contribution is 5.47. The summed E-state index contributed by atoms with van der Waals surface area (Å²) >= 11 is 0. The maximum atomic E-state index is 8.12. The van der Waals surface area contributed by atoms with E-state index in [-0.39, 0.29) is 6.15 Å². The van der Waals surface area contributed by atoms with Gasteiger partial charge in [-0.1, -0.05) is 31.5 Å². The number of aromatic nitrogens is 2. The van der Waals surface area contributed by atoms with Gasteiger partial charge in [-0.15, -0.1) is 0 Å². The second kappa shape index (κ2) is 12.8. The van der Waals surface area contributed by atoms with Gasteiger partial charge < -0.3 is 9.80 Å². The van der Waals surface area contributed by atoms with E-state index < -0.39 is 0 Å². The fourth-order valence-electron chi connectivity index (χ4n) is 4.44. The smallest absolute Gasteiger partial charge is 0.372 e. The topological polar surface area (TPSA) is 66.4 Å². The lowest BCUT2D eigenvalue weighted by molar-refractivity contribution is -0.191. The molecule has 0 radical (unpaired) electrons. The van der Waals surface area contributed by atoms with Gasteiger partial charge >= 0.3 is 6.15 Å². The van der Waals surface area contributed by atoms with Crippen LogP contribution in [0.5, 0.6) is 0 Å². The van der Waals surface area contributed by atoms with Crippen molar-refractivity contribution in [1.29, 1.82) is 0 Å². The highest BCUT2D eigenvalue weighted by Gasteiger charge is 2.30. The van der Waals surface area contributed by atoms with Crippen LogP contribution < -0.4 is 9.80 Å². The minimum absolute atomic E-state index is 0.250. The highest BCUT2D eigenvalue weighted by Crippen LogP contribution is 2.34. The molecule has 2 aromatic rings. The van der Waals surface area contributed by atoms with E-state index in [0.717, 1.165) is 30.7 Å². The Morgan fingerprint density at radius 2 is 1.33 bits per heavy atom. The van der Waals surface area contributed by atoms with E-state index in [4.69, 9.17) is 9.59 Å². The SMILES string of the molecule is CC.Cc1ccc(N2CCC(C3CCN(c4cnccn4)CC3)CC2)cc1.O=C=O. The Balaban J connectivity index is 0.000000590. The lowest BCUT2D eigenvalue weighted by atomic mass is 9.78. The van der Waals surface area contributed by atoms with Gasteiger partial charge in [-0.05, 0) is 56.6 Å². The van der Waals surface area contributed by atoms with Crippen LogP contribution in [0.15, 0.2) is 42.9 Å². The van der Waals surface area contributed by atoms with E-state index in [0.29, 0.717) is 0 Å². The van der Waals surface area contributed by atoms with E-state index in [1.54, 1.807) is 12.4 Å². The number of anilines is 2. The molecule has 4 rings (SSSR count). The normalized spacial score (nSPS) is 17.2. The number of aryl methyl sites for hydroxylation is 1. The molecular formula is C24H34N4O2. The molecule has 0 bridgehead atoms. The van der Waals surface area contributed by atoms with Crippen molar-refractivity contribution in [3.8, 4) is 0 Å². The van der Waals surface area contributed by atoms with Crippen LogP contribution in [-0.4, -0.2) is 42.3 Å². The summed E-state index contributed by atoms with van der Waals surface area (Å²) < 4.78 is 0. The Morgan fingerprint density at radius 3 is 1.80 bits per heavy atom. The van der Waals surface area contributed by atoms with Gasteiger partial charge in [0.2, 0.25) is 0 Å². The highest BCUT2D eigenvalue weighted by atomic mass is 16.2. The first-order valence-electron chi connectivity index (χ1n) is 11.0. The first-order chi connectivity index (χ1) is 14.7. The molecule has 0 unspecified atom stereocenters. The van der Waals surface area contributed by atoms with Crippen LogP contribution in [0.4, 0.5) is 11.5 Å². The van der Waals surface area contributed by atoms with Crippen molar-refractivity contribution in [2.24, 2.45) is 11.8 Å². The standard InChI is InChI=1S/C21H28N4.C2H6.CO2/c1-17-2-4-20(5-3-17)24-12-6-18(7-13-24)19-8-14-25(15-9-19)21-16-22-10-11-23-21;1-2;2-1-3/h2-5,10-11,16,18-19H,6-9,12-15H2,1H3;1-2H3;. The summed E-state index contributed by atoms with van der Waals surface area (Å²) in [4.78, 5) is 29.9. The zero-order valence-corrected chi connectivity index (χ0v) is 18.5. The number of hydrogen-bond donors (Lipinski definition) is 0. The second-order valence-corrected chi connectivity index (χ2v) is 7.63. The minimum atomic E-state index is 0.250. The molecule has 3 heterocycles. The zero-order chi connectivity index (χ0) is 21.8. The first kappa shape index (κ1) is 23.6. The molecule has 0 saturated carbocycles. The van der Waals surface area contributed by atoms with Crippen LogP contribution in [0.2, 0.25) is 0 Å². The third kappa shape index (κ3) is 6.67. The number of carbonyl (C=O) groups excluding carboxylic acids is 2. The molecule has 30 heavy (non-hydrogen) atoms. The Labute approximate surface area is 180 Å². The minimum Gasteiger partial charge on any atom is -0.372 e. The van der Waals surface area contributed by atoms with Crippen molar-refractivity contribution in [3.05, 3.63) is 48.4 Å². The predicted octanol–water partition coefficient (Wildman–Crippen LogP) is 4.36. The molecule has 1 aromatic heterocycles. The molecule has 162 valence electrons. The van der Waals surface area contributed by atoms with Crippen molar-refractivity contribution in [3.63, 3.8) is 0 Å². The summed E-state index contributed by atoms with van der Waals surface area (Å²) in [6, 6.07) is 9.00. The first-order valence-corrected chi connectivity index (χ1v) is 11.0. The number of hydrogen-bond acceptors (Lipinski definition) is 6. The number of benzene rings is 1. The van der Waals surface area contributed by atoms with E-state index in [1.165, 1.54) is 50.0 Å². The summed E-state index contributed by atoms with van der Waals surface area (Å²) in [5, 5.41) is 0. The average Bonchev–Trinajstić information content (AvgIpc) is 2.82. The molecule has 2 saturated heterocycles. The summed E-state index contributed by atoms with van der Waals surface area (Å²) in [6.07, 6.45) is 11.0. The van der Waals surface area contributed by atoms with Crippen molar-refractivity contribution >= 4 is 17.7 Å². The van der Waals surface area contributed by atoms with E-state index in [2.05, 4.69) is 51.0 Å². The summed E-state index contributed by atoms with van der Waals surface area (Å²) in [5.41, 5.74) is 2.73. The van der Waals surface area contributed by atoms with E-state index in [1.807, 2.05) is 20.0 Å². The Bertz CT molecular complexity index is 745. The Kier molecular flexibility index (Phi) is 10.0. The van der Waals surface area contributed by atoms with Crippen LogP contribution in [0.25, 0.3) is 0 Å². The van der Waals surface area contributed by atoms with Gasteiger partial charge in [0.1, 0.15) is 5.82 Å². The van der Waals surface area contributed by atoms with Gasteiger partial charge in [-0.2, -0.15) is 9.59 Å². The van der Waals surface area contributed by atoms with Gasteiger partial charge in [0.15, 0.2) is 0 Å². The molecule has 0 spiro atoms. The lowest BCUT2D eigenvalue weighted by Crippen LogP contribution is -2.41. The molecule has 0 atom stereocenters. The molecular weight excluding hydrogens is 376 g/mol. The molecule has 2 aliphatic heterocycles. The quantitative estimate of drug-likeness (QED) is 0.749. The number of rotatable bonds is 3. The van der Waals surface area contributed by atoms with Crippen LogP contribution in [0.1, 0.15) is 45.1 Å². The molecule has 1 aromatic carbocycles. The largest absolute Gasteiger partial charge is 0.373 e. The number of piperidine rings is 2. The maximum absolute atomic E-state index is 8.12. The Morgan fingerprint density at radius 1 is 0.833 bits per heavy atom. The van der Waals surface area contributed by atoms with Crippen LogP contribution >= 0.6 is 0 Å². The fraction of sp³-hybridized carbons (Fsp3) is 0.542. The van der Waals surface area contributed by atoms with Crippen LogP contribution in [0, 0.1) is 18.8 Å². The van der Waals surface area contributed by atoms with Crippen molar-refractivity contribution in [2.45, 2.75) is 46.5 Å². The molecule has 0 N–H and O–H groups in total. The molecule has 6 nitrogen and oxygen atoms in total. The van der Waals surface area contributed by atoms with E-state index >= 15 is 0 Å². The van der Waals surface area contributed by atoms with Crippen LogP contribution in [-0.2, 0) is 9.59 Å². The van der Waals surface area contributed by atoms with Crippen molar-refractivity contribution < 1.29 is 9.59 Å². The Hall–Kier alpha value is -2.72. The van der Waals surface area contributed by atoms with Gasteiger partial charge in [-0.3, -0.25) is 4.98 Å². The van der Waals surface area contributed by atoms with Crippen molar-refractivity contribution in [1.82, 2.24) is 9.97 Å². The molecule has 2 fully saturated rings. The summed E-state index contributed by atoms with van der Waals surface area (Å²) in [7, 11) is 0. The van der Waals surface area contributed by atoms with Gasteiger partial charge in [-0.25, -0.2) is 4.98 Å². The molecule has 0 amide bonds. The summed E-state index contributed by atoms with van der Waals surface area (Å²) in [5.74, 6) is 2.81. The van der Waals surface area contributed by atoms with Gasteiger partial charge in [0.05, 0.1) is 6.20 Å². The maximum Gasteiger partial charge on any atom is 0.373 e. The van der Waals surface area contributed by atoms with Crippen molar-refractivity contribution in [2.75, 3.05) is 36.0 Å². The second-order valence-electron chi connectivity index (χ2n) is 7.63. The predicted molar refractivity (Wildman–Crippen MR) is 119 cm³/mol. The molecule has 2 aliphatic rings. The average molecular weight is 411 g/mol. The monoisotopic (exact) mass is 410 g/mol.